The molecule has 9 heteroatoms. The van der Waals surface area contributed by atoms with Crippen molar-refractivity contribution in [2.75, 3.05) is 23.0 Å². The third kappa shape index (κ3) is 4.34. The van der Waals surface area contributed by atoms with Crippen LogP contribution in [0.1, 0.15) is 29.4 Å². The van der Waals surface area contributed by atoms with E-state index < -0.39 is 9.84 Å². The molecule has 8 nitrogen and oxygen atoms in total. The highest BCUT2D eigenvalue weighted by atomic mass is 32.2. The number of rotatable bonds is 6. The summed E-state index contributed by atoms with van der Waals surface area (Å²) in [5.41, 5.74) is 1.19. The first kappa shape index (κ1) is 18.2. The van der Waals surface area contributed by atoms with Crippen molar-refractivity contribution in [2.24, 2.45) is 0 Å². The number of nitrogens with one attached hydrogen (secondary N) is 1. The fraction of sp³-hybridized carbons (Fsp3) is 0.412. The molecular formula is C17H21N5O3S. The minimum Gasteiger partial charge on any atom is -0.347 e. The van der Waals surface area contributed by atoms with E-state index >= 15 is 0 Å². The molecule has 0 saturated carbocycles. The van der Waals surface area contributed by atoms with Gasteiger partial charge in [-0.1, -0.05) is 0 Å². The molecule has 138 valence electrons. The van der Waals surface area contributed by atoms with Crippen LogP contribution in [0, 0.1) is 0 Å². The largest absolute Gasteiger partial charge is 0.347 e. The predicted molar refractivity (Wildman–Crippen MR) is 97.5 cm³/mol. The molecule has 2 aromatic heterocycles. The molecule has 0 spiro atoms. The van der Waals surface area contributed by atoms with Gasteiger partial charge in [-0.2, -0.15) is 0 Å². The summed E-state index contributed by atoms with van der Waals surface area (Å²) in [6.45, 7) is 2.87. The first-order valence-corrected chi connectivity index (χ1v) is 10.3. The van der Waals surface area contributed by atoms with Crippen LogP contribution in [0.4, 0.5) is 5.95 Å². The molecule has 1 atom stereocenters. The van der Waals surface area contributed by atoms with Gasteiger partial charge in [0.2, 0.25) is 5.95 Å². The summed E-state index contributed by atoms with van der Waals surface area (Å²) < 4.78 is 23.5. The molecule has 0 bridgehead atoms. The lowest BCUT2D eigenvalue weighted by Gasteiger charge is -2.26. The summed E-state index contributed by atoms with van der Waals surface area (Å²) in [4.78, 5) is 26.7. The molecule has 2 aromatic rings. The number of sulfone groups is 1. The lowest BCUT2D eigenvalue weighted by molar-refractivity contribution is 0.0945. The molecule has 1 aliphatic heterocycles. The summed E-state index contributed by atoms with van der Waals surface area (Å²) in [6, 6.07) is 5.04. The van der Waals surface area contributed by atoms with E-state index in [0.717, 1.165) is 5.56 Å². The Bertz CT molecular complexity index is 873. The van der Waals surface area contributed by atoms with Crippen LogP contribution in [0.25, 0.3) is 0 Å². The predicted octanol–water partition coefficient (Wildman–Crippen LogP) is 0.815. The Morgan fingerprint density at radius 2 is 2.04 bits per heavy atom. The zero-order valence-corrected chi connectivity index (χ0v) is 15.3. The molecule has 1 N–H and O–H groups in total. The van der Waals surface area contributed by atoms with E-state index in [0.29, 0.717) is 25.5 Å². The molecule has 3 heterocycles. The van der Waals surface area contributed by atoms with Gasteiger partial charge in [-0.05, 0) is 37.1 Å². The molecule has 1 fully saturated rings. The van der Waals surface area contributed by atoms with Crippen LogP contribution in [0.15, 0.2) is 36.8 Å². The van der Waals surface area contributed by atoms with Crippen molar-refractivity contribution in [3.63, 3.8) is 0 Å². The highest BCUT2D eigenvalue weighted by Gasteiger charge is 2.33. The fourth-order valence-corrected chi connectivity index (χ4v) is 4.70. The molecule has 1 saturated heterocycles. The highest BCUT2D eigenvalue weighted by Crippen LogP contribution is 2.21. The second-order valence-corrected chi connectivity index (χ2v) is 8.35. The Morgan fingerprint density at radius 1 is 1.27 bits per heavy atom. The van der Waals surface area contributed by atoms with Crippen molar-refractivity contribution in [1.82, 2.24) is 20.3 Å². The summed E-state index contributed by atoms with van der Waals surface area (Å²) >= 11 is 0. The third-order valence-electron chi connectivity index (χ3n) is 4.32. The Hall–Kier alpha value is -2.55. The van der Waals surface area contributed by atoms with Gasteiger partial charge in [0.05, 0.1) is 11.5 Å². The van der Waals surface area contributed by atoms with Crippen molar-refractivity contribution < 1.29 is 13.2 Å². The standard InChI is InChI=1S/C17H21N5O3S/c1-2-22(14-6-10-26(24,25)12-14)17-19-9-5-15(21-17)16(23)20-11-13-3-7-18-8-4-13/h3-5,7-9,14H,2,6,10-12H2,1H3,(H,20,23). The number of nitrogens with zero attached hydrogens (tertiary/aromatic N) is 4. The number of amides is 1. The van der Waals surface area contributed by atoms with Crippen LogP contribution in [0.2, 0.25) is 0 Å². The molecule has 26 heavy (non-hydrogen) atoms. The van der Waals surface area contributed by atoms with Crippen molar-refractivity contribution in [1.29, 1.82) is 0 Å². The normalized spacial score (nSPS) is 18.4. The number of carbonyl (C=O) groups excluding carboxylic acids is 1. The fourth-order valence-electron chi connectivity index (χ4n) is 2.97. The van der Waals surface area contributed by atoms with Crippen molar-refractivity contribution in [2.45, 2.75) is 25.9 Å². The van der Waals surface area contributed by atoms with Gasteiger partial charge in [0.1, 0.15) is 5.69 Å². The van der Waals surface area contributed by atoms with Gasteiger partial charge in [-0.15, -0.1) is 0 Å². The van der Waals surface area contributed by atoms with E-state index in [1.807, 2.05) is 24.0 Å². The molecule has 3 rings (SSSR count). The van der Waals surface area contributed by atoms with Gasteiger partial charge < -0.3 is 10.2 Å². The van der Waals surface area contributed by atoms with Crippen LogP contribution < -0.4 is 10.2 Å². The molecular weight excluding hydrogens is 354 g/mol. The summed E-state index contributed by atoms with van der Waals surface area (Å²) in [5.74, 6) is 0.356. The zero-order chi connectivity index (χ0) is 18.6. The van der Waals surface area contributed by atoms with E-state index in [4.69, 9.17) is 0 Å². The topological polar surface area (TPSA) is 105 Å². The van der Waals surface area contributed by atoms with Crippen LogP contribution >= 0.6 is 0 Å². The molecule has 0 aliphatic carbocycles. The van der Waals surface area contributed by atoms with E-state index in [9.17, 15) is 13.2 Å². The van der Waals surface area contributed by atoms with E-state index in [-0.39, 0.29) is 29.1 Å². The maximum atomic E-state index is 12.4. The smallest absolute Gasteiger partial charge is 0.270 e. The highest BCUT2D eigenvalue weighted by molar-refractivity contribution is 7.91. The van der Waals surface area contributed by atoms with Gasteiger partial charge in [0.15, 0.2) is 9.84 Å². The van der Waals surface area contributed by atoms with E-state index in [1.54, 1.807) is 18.5 Å². The number of hydrogen-bond acceptors (Lipinski definition) is 7. The van der Waals surface area contributed by atoms with Crippen LogP contribution in [0.3, 0.4) is 0 Å². The Morgan fingerprint density at radius 3 is 2.69 bits per heavy atom. The van der Waals surface area contributed by atoms with Crippen LogP contribution in [-0.2, 0) is 16.4 Å². The van der Waals surface area contributed by atoms with E-state index in [1.165, 1.54) is 6.20 Å². The van der Waals surface area contributed by atoms with Crippen molar-refractivity contribution in [3.8, 4) is 0 Å². The van der Waals surface area contributed by atoms with Gasteiger partial charge in [-0.25, -0.2) is 18.4 Å². The Labute approximate surface area is 152 Å². The molecule has 0 aromatic carbocycles. The molecule has 1 unspecified atom stereocenters. The van der Waals surface area contributed by atoms with Crippen molar-refractivity contribution >= 4 is 21.7 Å². The number of pyridine rings is 1. The first-order valence-electron chi connectivity index (χ1n) is 8.45. The van der Waals surface area contributed by atoms with Crippen LogP contribution in [-0.4, -0.2) is 53.4 Å². The van der Waals surface area contributed by atoms with Gasteiger partial charge in [-0.3, -0.25) is 9.78 Å². The first-order chi connectivity index (χ1) is 12.5. The van der Waals surface area contributed by atoms with Crippen LogP contribution in [0.5, 0.6) is 0 Å². The second kappa shape index (κ2) is 7.77. The summed E-state index contributed by atoms with van der Waals surface area (Å²) in [5, 5.41) is 2.81. The van der Waals surface area contributed by atoms with Gasteiger partial charge in [0.25, 0.3) is 5.91 Å². The number of anilines is 1. The number of aromatic nitrogens is 3. The lowest BCUT2D eigenvalue weighted by atomic mass is 10.2. The van der Waals surface area contributed by atoms with E-state index in [2.05, 4.69) is 20.3 Å². The van der Waals surface area contributed by atoms with Gasteiger partial charge in [0, 0.05) is 37.7 Å². The minimum absolute atomic E-state index is 0.0999. The SMILES string of the molecule is CCN(c1nccc(C(=O)NCc2ccncc2)n1)C1CCS(=O)(=O)C1. The average Bonchev–Trinajstić information content (AvgIpc) is 3.01. The molecule has 1 aliphatic rings. The minimum atomic E-state index is -3.01. The Kier molecular flexibility index (Phi) is 5.46. The second-order valence-electron chi connectivity index (χ2n) is 6.12. The summed E-state index contributed by atoms with van der Waals surface area (Å²) in [6.07, 6.45) is 5.41. The maximum Gasteiger partial charge on any atom is 0.270 e. The quantitative estimate of drug-likeness (QED) is 0.797. The third-order valence-corrected chi connectivity index (χ3v) is 6.08. The maximum absolute atomic E-state index is 12.4. The zero-order valence-electron chi connectivity index (χ0n) is 14.5. The summed E-state index contributed by atoms with van der Waals surface area (Å²) in [7, 11) is -3.01. The van der Waals surface area contributed by atoms with Gasteiger partial charge >= 0.3 is 0 Å². The number of carbonyl (C=O) groups is 1. The lowest BCUT2D eigenvalue weighted by Crippen LogP contribution is -2.37. The Balaban J connectivity index is 1.71. The number of hydrogen-bond donors (Lipinski definition) is 1. The molecule has 0 radical (unpaired) electrons. The monoisotopic (exact) mass is 375 g/mol. The average molecular weight is 375 g/mol. The molecule has 1 amide bonds. The van der Waals surface area contributed by atoms with Crippen molar-refractivity contribution in [3.05, 3.63) is 48.0 Å².